The van der Waals surface area contributed by atoms with E-state index >= 15 is 0 Å². The lowest BCUT2D eigenvalue weighted by molar-refractivity contribution is -0.165. The molecule has 1 aliphatic heterocycles. The minimum absolute atomic E-state index is 0.0833. The second kappa shape index (κ2) is 3.17. The van der Waals surface area contributed by atoms with Crippen molar-refractivity contribution in [3.05, 3.63) is 12.3 Å². The fraction of sp³-hybridized carbons (Fsp3) is 0.667. The Labute approximate surface area is 72.0 Å². The summed E-state index contributed by atoms with van der Waals surface area (Å²) in [6.07, 6.45) is 4.98. The zero-order chi connectivity index (χ0) is 9.19. The van der Waals surface area contributed by atoms with E-state index in [4.69, 9.17) is 9.84 Å². The molecule has 0 fully saturated rings. The fourth-order valence-electron chi connectivity index (χ4n) is 1.51. The third-order valence-corrected chi connectivity index (χ3v) is 2.53. The molecule has 1 aliphatic rings. The summed E-state index contributed by atoms with van der Waals surface area (Å²) in [4.78, 5) is 10.9. The first-order chi connectivity index (χ1) is 5.61. The maximum absolute atomic E-state index is 10.9. The number of ether oxygens (including phenoxy) is 1. The molecule has 2 atom stereocenters. The molecule has 1 heterocycles. The van der Waals surface area contributed by atoms with Crippen LogP contribution in [-0.4, -0.2) is 16.7 Å². The van der Waals surface area contributed by atoms with Crippen molar-refractivity contribution < 1.29 is 14.6 Å². The summed E-state index contributed by atoms with van der Waals surface area (Å²) < 4.78 is 5.15. The molecule has 0 amide bonds. The van der Waals surface area contributed by atoms with Crippen LogP contribution in [0.1, 0.15) is 26.7 Å². The Balaban J connectivity index is 2.85. The highest BCUT2D eigenvalue weighted by atomic mass is 16.5. The van der Waals surface area contributed by atoms with Crippen LogP contribution in [0.25, 0.3) is 0 Å². The highest BCUT2D eigenvalue weighted by Gasteiger charge is 2.43. The van der Waals surface area contributed by atoms with Crippen LogP contribution < -0.4 is 0 Å². The van der Waals surface area contributed by atoms with Crippen LogP contribution in [0.5, 0.6) is 0 Å². The van der Waals surface area contributed by atoms with E-state index in [0.29, 0.717) is 0 Å². The van der Waals surface area contributed by atoms with E-state index in [2.05, 4.69) is 0 Å². The topological polar surface area (TPSA) is 46.5 Å². The van der Waals surface area contributed by atoms with Gasteiger partial charge >= 0.3 is 5.97 Å². The van der Waals surface area contributed by atoms with Crippen LogP contribution in [0.2, 0.25) is 0 Å². The molecule has 3 nitrogen and oxygen atoms in total. The van der Waals surface area contributed by atoms with Crippen molar-refractivity contribution in [2.75, 3.05) is 0 Å². The van der Waals surface area contributed by atoms with Gasteiger partial charge in [-0.05, 0) is 25.8 Å². The van der Waals surface area contributed by atoms with E-state index in [-0.39, 0.29) is 5.92 Å². The van der Waals surface area contributed by atoms with Gasteiger partial charge in [0.05, 0.1) is 6.26 Å². The van der Waals surface area contributed by atoms with Gasteiger partial charge in [-0.3, -0.25) is 0 Å². The predicted molar refractivity (Wildman–Crippen MR) is 44.7 cm³/mol. The summed E-state index contributed by atoms with van der Waals surface area (Å²) in [6, 6.07) is 0. The van der Waals surface area contributed by atoms with E-state index in [1.807, 2.05) is 13.0 Å². The Hall–Kier alpha value is -0.990. The summed E-state index contributed by atoms with van der Waals surface area (Å²) in [7, 11) is 0. The van der Waals surface area contributed by atoms with Gasteiger partial charge in [0.15, 0.2) is 0 Å². The number of hydrogen-bond donors (Lipinski definition) is 1. The number of hydrogen-bond acceptors (Lipinski definition) is 2. The van der Waals surface area contributed by atoms with Crippen LogP contribution in [0, 0.1) is 5.92 Å². The highest BCUT2D eigenvalue weighted by Crippen LogP contribution is 2.32. The first-order valence-electron chi connectivity index (χ1n) is 4.17. The van der Waals surface area contributed by atoms with E-state index < -0.39 is 11.6 Å². The lowest BCUT2D eigenvalue weighted by atomic mass is 9.83. The van der Waals surface area contributed by atoms with Crippen molar-refractivity contribution in [3.8, 4) is 0 Å². The molecule has 1 N–H and O–H groups in total. The molecule has 0 aromatic heterocycles. The summed E-state index contributed by atoms with van der Waals surface area (Å²) in [6.45, 7) is 3.61. The number of carbonyl (C=O) groups is 1. The number of carboxylic acids is 1. The largest absolute Gasteiger partial charge is 0.483 e. The molecule has 12 heavy (non-hydrogen) atoms. The van der Waals surface area contributed by atoms with Crippen LogP contribution in [0.3, 0.4) is 0 Å². The van der Waals surface area contributed by atoms with Gasteiger partial charge in [0.25, 0.3) is 0 Å². The SMILES string of the molecule is CCC1CC=COC1(C)C(=O)O. The first kappa shape index (κ1) is 9.10. The van der Waals surface area contributed by atoms with Crippen LogP contribution >= 0.6 is 0 Å². The van der Waals surface area contributed by atoms with Crippen LogP contribution in [-0.2, 0) is 9.53 Å². The van der Waals surface area contributed by atoms with Crippen LogP contribution in [0.15, 0.2) is 12.3 Å². The molecule has 0 bridgehead atoms. The Morgan fingerprint density at radius 2 is 2.50 bits per heavy atom. The summed E-state index contributed by atoms with van der Waals surface area (Å²) in [5.41, 5.74) is -1.02. The second-order valence-electron chi connectivity index (χ2n) is 3.24. The smallest absolute Gasteiger partial charge is 0.348 e. The third kappa shape index (κ3) is 1.31. The average molecular weight is 170 g/mol. The maximum Gasteiger partial charge on any atom is 0.348 e. The molecular formula is C9H14O3. The third-order valence-electron chi connectivity index (χ3n) is 2.53. The summed E-state index contributed by atoms with van der Waals surface area (Å²) in [5.74, 6) is -0.793. The van der Waals surface area contributed by atoms with Gasteiger partial charge in [0.1, 0.15) is 0 Å². The van der Waals surface area contributed by atoms with Gasteiger partial charge in [0.2, 0.25) is 5.60 Å². The monoisotopic (exact) mass is 170 g/mol. The molecule has 68 valence electrons. The molecule has 3 heteroatoms. The van der Waals surface area contributed by atoms with E-state index in [1.165, 1.54) is 6.26 Å². The van der Waals surface area contributed by atoms with Crippen molar-refractivity contribution in [2.24, 2.45) is 5.92 Å². The lowest BCUT2D eigenvalue weighted by Gasteiger charge is -2.34. The molecule has 1 rings (SSSR count). The molecule has 0 aromatic rings. The van der Waals surface area contributed by atoms with E-state index in [9.17, 15) is 4.79 Å². The Morgan fingerprint density at radius 3 is 2.92 bits per heavy atom. The lowest BCUT2D eigenvalue weighted by Crippen LogP contribution is -2.45. The number of allylic oxidation sites excluding steroid dienone is 1. The minimum Gasteiger partial charge on any atom is -0.483 e. The highest BCUT2D eigenvalue weighted by molar-refractivity contribution is 5.77. The second-order valence-corrected chi connectivity index (χ2v) is 3.24. The van der Waals surface area contributed by atoms with Crippen molar-refractivity contribution >= 4 is 5.97 Å². The van der Waals surface area contributed by atoms with Gasteiger partial charge in [-0.1, -0.05) is 6.92 Å². The standard InChI is InChI=1S/C9H14O3/c1-3-7-5-4-6-12-9(7,2)8(10)11/h4,6-7H,3,5H2,1-2H3,(H,10,11). The van der Waals surface area contributed by atoms with Crippen molar-refractivity contribution in [1.82, 2.24) is 0 Å². The Bertz CT molecular complexity index is 210. The van der Waals surface area contributed by atoms with Gasteiger partial charge in [-0.2, -0.15) is 0 Å². The minimum atomic E-state index is -1.02. The molecule has 0 saturated heterocycles. The van der Waals surface area contributed by atoms with Gasteiger partial charge in [-0.25, -0.2) is 4.79 Å². The molecule has 0 aliphatic carbocycles. The Morgan fingerprint density at radius 1 is 1.83 bits per heavy atom. The van der Waals surface area contributed by atoms with Gasteiger partial charge in [-0.15, -0.1) is 0 Å². The van der Waals surface area contributed by atoms with Gasteiger partial charge < -0.3 is 9.84 Å². The number of rotatable bonds is 2. The van der Waals surface area contributed by atoms with Crippen LogP contribution in [0.4, 0.5) is 0 Å². The molecule has 2 unspecified atom stereocenters. The summed E-state index contributed by atoms with van der Waals surface area (Å²) in [5, 5.41) is 8.94. The maximum atomic E-state index is 10.9. The van der Waals surface area contributed by atoms with E-state index in [0.717, 1.165) is 12.8 Å². The fourth-order valence-corrected chi connectivity index (χ4v) is 1.51. The predicted octanol–water partition coefficient (Wildman–Crippen LogP) is 1.79. The first-order valence-corrected chi connectivity index (χ1v) is 4.17. The molecule has 0 aromatic carbocycles. The number of carboxylic acid groups (broad SMARTS) is 1. The zero-order valence-electron chi connectivity index (χ0n) is 7.41. The normalized spacial score (nSPS) is 34.3. The molecular weight excluding hydrogens is 156 g/mol. The van der Waals surface area contributed by atoms with Gasteiger partial charge in [0, 0.05) is 5.92 Å². The number of aliphatic carboxylic acids is 1. The zero-order valence-corrected chi connectivity index (χ0v) is 7.41. The van der Waals surface area contributed by atoms with E-state index in [1.54, 1.807) is 6.92 Å². The quantitative estimate of drug-likeness (QED) is 0.687. The van der Waals surface area contributed by atoms with Crippen molar-refractivity contribution in [3.63, 3.8) is 0 Å². The molecule has 0 spiro atoms. The Kier molecular flexibility index (Phi) is 2.40. The molecule has 0 radical (unpaired) electrons. The molecule has 0 saturated carbocycles. The average Bonchev–Trinajstić information content (AvgIpc) is 2.05. The summed E-state index contributed by atoms with van der Waals surface area (Å²) >= 11 is 0. The van der Waals surface area contributed by atoms with Crippen molar-refractivity contribution in [2.45, 2.75) is 32.3 Å². The van der Waals surface area contributed by atoms with Crippen molar-refractivity contribution in [1.29, 1.82) is 0 Å².